The summed E-state index contributed by atoms with van der Waals surface area (Å²) in [4.78, 5) is 11.4. The average molecular weight is 368 g/mol. The molecule has 0 saturated heterocycles. The first-order valence-electron chi connectivity index (χ1n) is 6.90. The molecule has 0 saturated carbocycles. The second-order valence-corrected chi connectivity index (χ2v) is 5.50. The molecular weight excluding hydrogens is 359 g/mol. The second-order valence-electron chi connectivity index (χ2n) is 5.06. The standard InChI is InChI=1S/C16H9ClF3N3O2/c17-11-3-1-2-9(8-11)14-13(15(24)25)21-22-23(14)12-6-4-10(5-7-12)16(18,19)20/h1-8H,(H,24,25). The van der Waals surface area contributed by atoms with E-state index in [0.717, 1.165) is 16.8 Å². The molecule has 1 N–H and O–H groups in total. The van der Waals surface area contributed by atoms with Gasteiger partial charge in [-0.05, 0) is 36.4 Å². The molecule has 128 valence electrons. The molecule has 25 heavy (non-hydrogen) atoms. The lowest BCUT2D eigenvalue weighted by atomic mass is 10.1. The van der Waals surface area contributed by atoms with Gasteiger partial charge in [0.05, 0.1) is 11.3 Å². The van der Waals surface area contributed by atoms with Gasteiger partial charge in [-0.2, -0.15) is 13.2 Å². The third-order valence-electron chi connectivity index (χ3n) is 3.41. The molecule has 0 fully saturated rings. The van der Waals surface area contributed by atoms with E-state index in [2.05, 4.69) is 10.3 Å². The zero-order valence-corrected chi connectivity index (χ0v) is 13.1. The van der Waals surface area contributed by atoms with Crippen LogP contribution in [0.1, 0.15) is 16.1 Å². The number of carboxylic acid groups (broad SMARTS) is 1. The molecule has 0 aliphatic rings. The zero-order valence-electron chi connectivity index (χ0n) is 12.3. The minimum atomic E-state index is -4.47. The number of aromatic carboxylic acids is 1. The number of carbonyl (C=O) groups is 1. The van der Waals surface area contributed by atoms with Crippen molar-refractivity contribution in [2.75, 3.05) is 0 Å². The van der Waals surface area contributed by atoms with Gasteiger partial charge >= 0.3 is 12.1 Å². The lowest BCUT2D eigenvalue weighted by Crippen LogP contribution is -2.06. The van der Waals surface area contributed by atoms with Crippen molar-refractivity contribution >= 4 is 17.6 Å². The van der Waals surface area contributed by atoms with E-state index in [4.69, 9.17) is 11.6 Å². The van der Waals surface area contributed by atoms with E-state index in [1.807, 2.05) is 0 Å². The third-order valence-corrected chi connectivity index (χ3v) is 3.65. The van der Waals surface area contributed by atoms with Crippen LogP contribution >= 0.6 is 11.6 Å². The summed E-state index contributed by atoms with van der Waals surface area (Å²) in [5, 5.41) is 17.1. The highest BCUT2D eigenvalue weighted by molar-refractivity contribution is 6.30. The van der Waals surface area contributed by atoms with Crippen molar-refractivity contribution in [2.24, 2.45) is 0 Å². The highest BCUT2D eigenvalue weighted by atomic mass is 35.5. The Hall–Kier alpha value is -2.87. The fourth-order valence-electron chi connectivity index (χ4n) is 2.29. The Labute approximate surface area is 144 Å². The van der Waals surface area contributed by atoms with Gasteiger partial charge in [-0.1, -0.05) is 28.9 Å². The molecule has 0 aliphatic carbocycles. The van der Waals surface area contributed by atoms with Gasteiger partial charge in [-0.3, -0.25) is 0 Å². The van der Waals surface area contributed by atoms with E-state index < -0.39 is 17.7 Å². The van der Waals surface area contributed by atoms with Crippen LogP contribution in [0.3, 0.4) is 0 Å². The Balaban J connectivity index is 2.16. The van der Waals surface area contributed by atoms with E-state index >= 15 is 0 Å². The molecule has 1 aromatic heterocycles. The molecule has 3 aromatic rings. The first-order chi connectivity index (χ1) is 11.8. The Morgan fingerprint density at radius 2 is 1.80 bits per heavy atom. The quantitative estimate of drug-likeness (QED) is 0.749. The molecular formula is C16H9ClF3N3O2. The van der Waals surface area contributed by atoms with E-state index in [1.54, 1.807) is 18.2 Å². The van der Waals surface area contributed by atoms with Gasteiger partial charge in [0.1, 0.15) is 5.69 Å². The van der Waals surface area contributed by atoms with Crippen LogP contribution in [0.2, 0.25) is 5.02 Å². The predicted octanol–water partition coefficient (Wildman–Crippen LogP) is 4.30. The van der Waals surface area contributed by atoms with Crippen molar-refractivity contribution in [3.8, 4) is 16.9 Å². The van der Waals surface area contributed by atoms with Gasteiger partial charge in [0.25, 0.3) is 0 Å². The second kappa shape index (κ2) is 6.21. The van der Waals surface area contributed by atoms with E-state index in [-0.39, 0.29) is 17.1 Å². The molecule has 0 amide bonds. The SMILES string of the molecule is O=C(O)c1nnn(-c2ccc(C(F)(F)F)cc2)c1-c1cccc(Cl)c1. The summed E-state index contributed by atoms with van der Waals surface area (Å²) in [5.74, 6) is -1.31. The van der Waals surface area contributed by atoms with Crippen LogP contribution in [0.15, 0.2) is 48.5 Å². The highest BCUT2D eigenvalue weighted by Crippen LogP contribution is 2.31. The minimum Gasteiger partial charge on any atom is -0.476 e. The van der Waals surface area contributed by atoms with Gasteiger partial charge in [0, 0.05) is 10.6 Å². The predicted molar refractivity (Wildman–Crippen MR) is 83.8 cm³/mol. The van der Waals surface area contributed by atoms with Crippen molar-refractivity contribution in [1.82, 2.24) is 15.0 Å². The molecule has 3 rings (SSSR count). The number of hydrogen-bond donors (Lipinski definition) is 1. The molecule has 2 aromatic carbocycles. The normalized spacial score (nSPS) is 11.5. The van der Waals surface area contributed by atoms with Crippen LogP contribution in [-0.4, -0.2) is 26.1 Å². The number of hydrogen-bond acceptors (Lipinski definition) is 3. The number of rotatable bonds is 3. The molecule has 5 nitrogen and oxygen atoms in total. The summed E-state index contributed by atoms with van der Waals surface area (Å²) in [6.45, 7) is 0. The number of alkyl halides is 3. The van der Waals surface area contributed by atoms with Crippen LogP contribution in [0.5, 0.6) is 0 Å². The van der Waals surface area contributed by atoms with Crippen LogP contribution < -0.4 is 0 Å². The van der Waals surface area contributed by atoms with E-state index in [1.165, 1.54) is 18.2 Å². The Kier molecular flexibility index (Phi) is 4.22. The topological polar surface area (TPSA) is 68.0 Å². The van der Waals surface area contributed by atoms with Gasteiger partial charge in [-0.15, -0.1) is 5.10 Å². The van der Waals surface area contributed by atoms with Gasteiger partial charge in [-0.25, -0.2) is 9.48 Å². The first-order valence-corrected chi connectivity index (χ1v) is 7.28. The Morgan fingerprint density at radius 1 is 1.12 bits per heavy atom. The van der Waals surface area contributed by atoms with Crippen molar-refractivity contribution in [3.05, 3.63) is 64.8 Å². The maximum atomic E-state index is 12.7. The summed E-state index contributed by atoms with van der Waals surface area (Å²) in [6.07, 6.45) is -4.47. The molecule has 1 heterocycles. The van der Waals surface area contributed by atoms with Crippen LogP contribution in [0.4, 0.5) is 13.2 Å². The first kappa shape index (κ1) is 17.0. The van der Waals surface area contributed by atoms with Gasteiger partial charge < -0.3 is 5.11 Å². The van der Waals surface area contributed by atoms with Crippen LogP contribution in [-0.2, 0) is 6.18 Å². The third kappa shape index (κ3) is 3.34. The molecule has 0 atom stereocenters. The average Bonchev–Trinajstić information content (AvgIpc) is 2.99. The monoisotopic (exact) mass is 367 g/mol. The molecule has 0 spiro atoms. The van der Waals surface area contributed by atoms with Crippen molar-refractivity contribution in [2.45, 2.75) is 6.18 Å². The number of nitrogens with zero attached hydrogens (tertiary/aromatic N) is 3. The summed E-state index contributed by atoms with van der Waals surface area (Å²) >= 11 is 5.94. The summed E-state index contributed by atoms with van der Waals surface area (Å²) in [7, 11) is 0. The molecule has 9 heteroatoms. The number of benzene rings is 2. The lowest BCUT2D eigenvalue weighted by molar-refractivity contribution is -0.137. The molecule has 0 unspecified atom stereocenters. The smallest absolute Gasteiger partial charge is 0.416 e. The molecule has 0 radical (unpaired) electrons. The summed E-state index contributed by atoms with van der Waals surface area (Å²) in [6, 6.07) is 10.5. The zero-order chi connectivity index (χ0) is 18.2. The van der Waals surface area contributed by atoms with Gasteiger partial charge in [0.15, 0.2) is 5.69 Å². The summed E-state index contributed by atoms with van der Waals surface area (Å²) in [5.41, 5.74) is -0.367. The van der Waals surface area contributed by atoms with E-state index in [9.17, 15) is 23.1 Å². The Bertz CT molecular complexity index is 937. The fourth-order valence-corrected chi connectivity index (χ4v) is 2.48. The number of halogens is 4. The molecule has 0 bridgehead atoms. The highest BCUT2D eigenvalue weighted by Gasteiger charge is 2.30. The number of carboxylic acids is 1. The van der Waals surface area contributed by atoms with Crippen LogP contribution in [0, 0.1) is 0 Å². The lowest BCUT2D eigenvalue weighted by Gasteiger charge is -2.10. The fraction of sp³-hybridized carbons (Fsp3) is 0.0625. The van der Waals surface area contributed by atoms with Gasteiger partial charge in [0.2, 0.25) is 0 Å². The maximum absolute atomic E-state index is 12.7. The van der Waals surface area contributed by atoms with Crippen molar-refractivity contribution < 1.29 is 23.1 Å². The van der Waals surface area contributed by atoms with Crippen molar-refractivity contribution in [1.29, 1.82) is 0 Å². The number of aromatic nitrogens is 3. The summed E-state index contributed by atoms with van der Waals surface area (Å²) < 4.78 is 39.2. The van der Waals surface area contributed by atoms with Crippen molar-refractivity contribution in [3.63, 3.8) is 0 Å². The largest absolute Gasteiger partial charge is 0.476 e. The van der Waals surface area contributed by atoms with E-state index in [0.29, 0.717) is 10.6 Å². The molecule has 0 aliphatic heterocycles. The maximum Gasteiger partial charge on any atom is 0.416 e. The van der Waals surface area contributed by atoms with Crippen LogP contribution in [0.25, 0.3) is 16.9 Å². The minimum absolute atomic E-state index is 0.120. The Morgan fingerprint density at radius 3 is 2.36 bits per heavy atom.